The summed E-state index contributed by atoms with van der Waals surface area (Å²) in [6.45, 7) is 2.83. The number of fused-ring (bicyclic) bond motifs is 1. The maximum Gasteiger partial charge on any atom is 0.191 e. The number of ether oxygens (including phenoxy) is 2. The first kappa shape index (κ1) is 18.7. The van der Waals surface area contributed by atoms with E-state index in [2.05, 4.69) is 26.7 Å². The molecule has 0 amide bonds. The molecule has 0 aliphatic carbocycles. The second-order valence-corrected chi connectivity index (χ2v) is 5.63. The van der Waals surface area contributed by atoms with Gasteiger partial charge in [0.05, 0.1) is 19.7 Å². The number of benzene rings is 1. The largest absolute Gasteiger partial charge is 0.497 e. The van der Waals surface area contributed by atoms with Crippen LogP contribution in [0.5, 0.6) is 11.5 Å². The van der Waals surface area contributed by atoms with Gasteiger partial charge in [-0.1, -0.05) is 0 Å². The van der Waals surface area contributed by atoms with Crippen LogP contribution < -0.4 is 20.1 Å². The highest BCUT2D eigenvalue weighted by molar-refractivity contribution is 14.0. The Balaban J connectivity index is 0.00000208. The Kier molecular flexibility index (Phi) is 7.01. The van der Waals surface area contributed by atoms with E-state index in [1.807, 2.05) is 12.1 Å². The lowest BCUT2D eigenvalue weighted by molar-refractivity contribution is 0.398. The molecule has 7 heteroatoms. The fourth-order valence-corrected chi connectivity index (χ4v) is 2.79. The number of guanidine groups is 1. The Morgan fingerprint density at radius 1 is 1.21 bits per heavy atom. The van der Waals surface area contributed by atoms with Crippen LogP contribution in [0.3, 0.4) is 0 Å². The van der Waals surface area contributed by atoms with Gasteiger partial charge in [0.1, 0.15) is 11.5 Å². The summed E-state index contributed by atoms with van der Waals surface area (Å²) in [6, 6.07) is 6.07. The molecule has 2 aromatic rings. The van der Waals surface area contributed by atoms with Gasteiger partial charge in [0.15, 0.2) is 5.96 Å². The lowest BCUT2D eigenvalue weighted by atomic mass is 10.2. The molecule has 1 aliphatic rings. The number of aryl methyl sites for hydroxylation is 1. The third kappa shape index (κ3) is 4.46. The van der Waals surface area contributed by atoms with E-state index in [4.69, 9.17) is 9.47 Å². The molecule has 0 saturated carbocycles. The standard InChI is InChI=1S/C17H24N4O2.HI/c1-22-13-10-15-14(16(11-13)23-2)9-12(21-15)5-3-6-18-17-19-7-4-8-20-17;/h9-11,21H,3-8H2,1-2H3,(H2,18,19,20);1H. The molecule has 0 radical (unpaired) electrons. The fourth-order valence-electron chi connectivity index (χ4n) is 2.79. The van der Waals surface area contributed by atoms with Crippen molar-refractivity contribution in [3.05, 3.63) is 23.9 Å². The van der Waals surface area contributed by atoms with E-state index in [1.54, 1.807) is 14.2 Å². The molecule has 0 atom stereocenters. The van der Waals surface area contributed by atoms with Gasteiger partial charge < -0.3 is 25.1 Å². The van der Waals surface area contributed by atoms with Gasteiger partial charge in [-0.15, -0.1) is 24.0 Å². The number of methoxy groups -OCH3 is 2. The predicted molar refractivity (Wildman–Crippen MR) is 108 cm³/mol. The number of hydrogen-bond donors (Lipinski definition) is 3. The minimum absolute atomic E-state index is 0. The maximum atomic E-state index is 5.45. The third-order valence-corrected chi connectivity index (χ3v) is 4.00. The first-order valence-corrected chi connectivity index (χ1v) is 8.06. The van der Waals surface area contributed by atoms with Crippen LogP contribution in [0.25, 0.3) is 10.9 Å². The Morgan fingerprint density at radius 2 is 2.08 bits per heavy atom. The molecule has 6 nitrogen and oxygen atoms in total. The minimum Gasteiger partial charge on any atom is -0.497 e. The van der Waals surface area contributed by atoms with E-state index >= 15 is 0 Å². The second kappa shape index (κ2) is 9.00. The number of nitrogens with one attached hydrogen (secondary N) is 3. The Labute approximate surface area is 159 Å². The Hall–Kier alpha value is -1.64. The summed E-state index contributed by atoms with van der Waals surface area (Å²) in [4.78, 5) is 7.86. The molecule has 2 heterocycles. The van der Waals surface area contributed by atoms with Gasteiger partial charge in [0.2, 0.25) is 0 Å². The number of nitrogens with zero attached hydrogens (tertiary/aromatic N) is 1. The van der Waals surface area contributed by atoms with Gasteiger partial charge in [-0.25, -0.2) is 0 Å². The molecular weight excluding hydrogens is 419 g/mol. The number of aromatic nitrogens is 1. The van der Waals surface area contributed by atoms with Crippen molar-refractivity contribution in [3.63, 3.8) is 0 Å². The molecule has 1 aliphatic heterocycles. The monoisotopic (exact) mass is 444 g/mol. The SMILES string of the molecule is COc1cc(OC)c2cc(CCCNC3=NCCCN3)[nH]c2c1.I. The molecule has 0 unspecified atom stereocenters. The fraction of sp³-hybridized carbons (Fsp3) is 0.471. The average molecular weight is 444 g/mol. The van der Waals surface area contributed by atoms with Crippen molar-refractivity contribution in [2.24, 2.45) is 4.99 Å². The van der Waals surface area contributed by atoms with Gasteiger partial charge in [0, 0.05) is 42.8 Å². The van der Waals surface area contributed by atoms with Crippen molar-refractivity contribution in [2.75, 3.05) is 33.9 Å². The van der Waals surface area contributed by atoms with Crippen LogP contribution in [0.1, 0.15) is 18.5 Å². The highest BCUT2D eigenvalue weighted by atomic mass is 127. The second-order valence-electron chi connectivity index (χ2n) is 5.63. The third-order valence-electron chi connectivity index (χ3n) is 4.00. The summed E-state index contributed by atoms with van der Waals surface area (Å²) >= 11 is 0. The molecule has 1 aromatic heterocycles. The van der Waals surface area contributed by atoms with Crippen LogP contribution in [0.2, 0.25) is 0 Å². The maximum absolute atomic E-state index is 5.45. The highest BCUT2D eigenvalue weighted by Crippen LogP contribution is 2.31. The summed E-state index contributed by atoms with van der Waals surface area (Å²) in [5, 5.41) is 7.71. The molecule has 0 fully saturated rings. The molecule has 0 saturated heterocycles. The quantitative estimate of drug-likeness (QED) is 0.474. The number of rotatable bonds is 6. The van der Waals surface area contributed by atoms with Crippen LogP contribution in [-0.2, 0) is 6.42 Å². The van der Waals surface area contributed by atoms with Gasteiger partial charge >= 0.3 is 0 Å². The lowest BCUT2D eigenvalue weighted by Gasteiger charge is -2.15. The summed E-state index contributed by atoms with van der Waals surface area (Å²) < 4.78 is 10.8. The van der Waals surface area contributed by atoms with E-state index in [-0.39, 0.29) is 24.0 Å². The zero-order valence-electron chi connectivity index (χ0n) is 14.1. The number of halogens is 1. The molecule has 132 valence electrons. The van der Waals surface area contributed by atoms with Crippen molar-refractivity contribution >= 4 is 40.8 Å². The van der Waals surface area contributed by atoms with Gasteiger partial charge in [-0.2, -0.15) is 0 Å². The van der Waals surface area contributed by atoms with Crippen LogP contribution in [0.15, 0.2) is 23.2 Å². The smallest absolute Gasteiger partial charge is 0.191 e. The predicted octanol–water partition coefficient (Wildman–Crippen LogP) is 2.67. The van der Waals surface area contributed by atoms with Gasteiger partial charge in [-0.05, 0) is 25.3 Å². The number of hydrogen-bond acceptors (Lipinski definition) is 5. The van der Waals surface area contributed by atoms with Crippen LogP contribution in [-0.4, -0.2) is 44.8 Å². The van der Waals surface area contributed by atoms with E-state index in [0.717, 1.165) is 67.3 Å². The van der Waals surface area contributed by atoms with E-state index in [1.165, 1.54) is 5.69 Å². The Morgan fingerprint density at radius 3 is 2.79 bits per heavy atom. The van der Waals surface area contributed by atoms with E-state index < -0.39 is 0 Å². The zero-order chi connectivity index (χ0) is 16.1. The lowest BCUT2D eigenvalue weighted by Crippen LogP contribution is -2.41. The summed E-state index contributed by atoms with van der Waals surface area (Å²) in [5.74, 6) is 2.56. The molecular formula is C17H25IN4O2. The van der Waals surface area contributed by atoms with Gasteiger partial charge in [-0.3, -0.25) is 4.99 Å². The normalized spacial score (nSPS) is 13.7. The van der Waals surface area contributed by atoms with Gasteiger partial charge in [0.25, 0.3) is 0 Å². The van der Waals surface area contributed by atoms with Crippen LogP contribution in [0.4, 0.5) is 0 Å². The molecule has 3 N–H and O–H groups in total. The molecule has 24 heavy (non-hydrogen) atoms. The van der Waals surface area contributed by atoms with Crippen molar-refractivity contribution in [1.82, 2.24) is 15.6 Å². The molecule has 3 rings (SSSR count). The topological polar surface area (TPSA) is 70.7 Å². The Bertz CT molecular complexity index is 699. The molecule has 0 spiro atoms. The summed E-state index contributed by atoms with van der Waals surface area (Å²) in [6.07, 6.45) is 3.12. The average Bonchev–Trinajstić information content (AvgIpc) is 3.01. The van der Waals surface area contributed by atoms with Crippen molar-refractivity contribution in [2.45, 2.75) is 19.3 Å². The highest BCUT2D eigenvalue weighted by Gasteiger charge is 2.09. The van der Waals surface area contributed by atoms with Crippen LogP contribution in [0, 0.1) is 0 Å². The minimum atomic E-state index is 0. The van der Waals surface area contributed by atoms with Crippen molar-refractivity contribution in [1.29, 1.82) is 0 Å². The van der Waals surface area contributed by atoms with E-state index in [0.29, 0.717) is 0 Å². The van der Waals surface area contributed by atoms with E-state index in [9.17, 15) is 0 Å². The van der Waals surface area contributed by atoms with Crippen LogP contribution >= 0.6 is 24.0 Å². The van der Waals surface area contributed by atoms with Crippen molar-refractivity contribution in [3.8, 4) is 11.5 Å². The molecule has 0 bridgehead atoms. The summed E-state index contributed by atoms with van der Waals surface area (Å²) in [7, 11) is 3.35. The molecule has 1 aromatic carbocycles. The first-order chi connectivity index (χ1) is 11.3. The number of H-pyrrole nitrogens is 1. The first-order valence-electron chi connectivity index (χ1n) is 8.06. The van der Waals surface area contributed by atoms with Crippen molar-refractivity contribution < 1.29 is 9.47 Å². The summed E-state index contributed by atoms with van der Waals surface area (Å²) in [5.41, 5.74) is 2.24. The zero-order valence-corrected chi connectivity index (χ0v) is 16.5. The number of aromatic amines is 1. The number of aliphatic imine (C=N–C) groups is 1.